The van der Waals surface area contributed by atoms with Gasteiger partial charge in [0, 0.05) is 11.1 Å². The molecule has 0 atom stereocenters. The van der Waals surface area contributed by atoms with E-state index in [9.17, 15) is 9.59 Å². The first-order valence-corrected chi connectivity index (χ1v) is 7.84. The van der Waals surface area contributed by atoms with E-state index in [1.54, 1.807) is 18.2 Å². The van der Waals surface area contributed by atoms with Crippen molar-refractivity contribution in [3.63, 3.8) is 0 Å². The van der Waals surface area contributed by atoms with Crippen LogP contribution >= 0.6 is 0 Å². The quantitative estimate of drug-likeness (QED) is 0.367. The van der Waals surface area contributed by atoms with E-state index in [-0.39, 0.29) is 10.8 Å². The van der Waals surface area contributed by atoms with Crippen molar-refractivity contribution in [3.8, 4) is 11.3 Å². The Balaban J connectivity index is 2.03. The zero-order chi connectivity index (χ0) is 16.3. The van der Waals surface area contributed by atoms with Crippen LogP contribution in [0.2, 0.25) is 0 Å². The van der Waals surface area contributed by atoms with Gasteiger partial charge in [-0.3, -0.25) is 4.79 Å². The van der Waals surface area contributed by atoms with Crippen LogP contribution in [0.25, 0.3) is 33.3 Å². The first kappa shape index (κ1) is 13.3. The third kappa shape index (κ3) is 1.68. The zero-order valence-corrected chi connectivity index (χ0v) is 12.7. The monoisotopic (exact) mass is 316 g/mol. The first-order valence-electron chi connectivity index (χ1n) is 7.84. The molecule has 0 bridgehead atoms. The molecule has 116 valence electrons. The van der Waals surface area contributed by atoms with E-state index in [1.807, 2.05) is 30.3 Å². The Morgan fingerprint density at radius 3 is 2.54 bits per heavy atom. The summed E-state index contributed by atoms with van der Waals surface area (Å²) in [4.78, 5) is 25.2. The van der Waals surface area contributed by atoms with Crippen molar-refractivity contribution in [3.05, 3.63) is 80.3 Å². The molecule has 0 radical (unpaired) electrons. The summed E-state index contributed by atoms with van der Waals surface area (Å²) in [6, 6.07) is 15.0. The van der Waals surface area contributed by atoms with Gasteiger partial charge < -0.3 is 8.83 Å². The van der Waals surface area contributed by atoms with Gasteiger partial charge in [-0.25, -0.2) is 4.79 Å². The standard InChI is InChI=1S/C20H12O4/c21-17-14-10-9-11-5-1-2-6-12(11)18(14)24-19-13-7-3-4-8-15(13)23-20(22)16(17)19/h1-8H,9-10H2. The topological polar surface area (TPSA) is 60.4 Å². The van der Waals surface area contributed by atoms with Crippen molar-refractivity contribution in [2.24, 2.45) is 0 Å². The highest BCUT2D eigenvalue weighted by Crippen LogP contribution is 2.34. The van der Waals surface area contributed by atoms with Crippen LogP contribution in [-0.4, -0.2) is 0 Å². The minimum absolute atomic E-state index is 0.00633. The summed E-state index contributed by atoms with van der Waals surface area (Å²) in [6.07, 6.45) is 1.33. The lowest BCUT2D eigenvalue weighted by Gasteiger charge is -2.18. The molecule has 5 rings (SSSR count). The van der Waals surface area contributed by atoms with Gasteiger partial charge in [0.15, 0.2) is 11.0 Å². The van der Waals surface area contributed by atoms with Gasteiger partial charge in [-0.2, -0.15) is 0 Å². The van der Waals surface area contributed by atoms with E-state index < -0.39 is 5.63 Å². The third-order valence-corrected chi connectivity index (χ3v) is 4.65. The fraction of sp³-hybridized carbons (Fsp3) is 0.100. The Bertz CT molecular complexity index is 1240. The summed E-state index contributed by atoms with van der Waals surface area (Å²) >= 11 is 0. The van der Waals surface area contributed by atoms with E-state index in [4.69, 9.17) is 8.83 Å². The molecule has 0 spiro atoms. The molecule has 24 heavy (non-hydrogen) atoms. The lowest BCUT2D eigenvalue weighted by Crippen LogP contribution is -2.20. The number of rotatable bonds is 0. The van der Waals surface area contributed by atoms with Crippen molar-refractivity contribution in [1.82, 2.24) is 0 Å². The van der Waals surface area contributed by atoms with Crippen molar-refractivity contribution in [1.29, 1.82) is 0 Å². The molecule has 1 aliphatic rings. The van der Waals surface area contributed by atoms with Gasteiger partial charge >= 0.3 is 5.63 Å². The second kappa shape index (κ2) is 4.68. The highest BCUT2D eigenvalue weighted by molar-refractivity contribution is 6.01. The molecule has 2 heterocycles. The van der Waals surface area contributed by atoms with Gasteiger partial charge in [-0.1, -0.05) is 36.4 Å². The number of hydrogen-bond donors (Lipinski definition) is 0. The van der Waals surface area contributed by atoms with E-state index in [1.165, 1.54) is 0 Å². The van der Waals surface area contributed by atoms with Crippen LogP contribution in [0.5, 0.6) is 0 Å². The van der Waals surface area contributed by atoms with Crippen LogP contribution in [0.4, 0.5) is 0 Å². The van der Waals surface area contributed by atoms with E-state index in [0.29, 0.717) is 34.3 Å². The summed E-state index contributed by atoms with van der Waals surface area (Å²) in [6.45, 7) is 0. The number of fused-ring (bicyclic) bond motifs is 6. The molecule has 4 nitrogen and oxygen atoms in total. The lowest BCUT2D eigenvalue weighted by molar-refractivity contribution is 0.556. The van der Waals surface area contributed by atoms with Crippen LogP contribution < -0.4 is 11.1 Å². The second-order valence-electron chi connectivity index (χ2n) is 5.99. The highest BCUT2D eigenvalue weighted by Gasteiger charge is 2.25. The van der Waals surface area contributed by atoms with E-state index >= 15 is 0 Å². The van der Waals surface area contributed by atoms with Crippen LogP contribution in [0.1, 0.15) is 11.1 Å². The van der Waals surface area contributed by atoms with Crippen molar-refractivity contribution in [2.45, 2.75) is 12.8 Å². The average Bonchev–Trinajstić information content (AvgIpc) is 2.61. The van der Waals surface area contributed by atoms with Crippen molar-refractivity contribution >= 4 is 21.9 Å². The predicted molar refractivity (Wildman–Crippen MR) is 91.4 cm³/mol. The second-order valence-corrected chi connectivity index (χ2v) is 5.99. The van der Waals surface area contributed by atoms with Crippen LogP contribution in [0.15, 0.2) is 67.0 Å². The molecule has 4 heteroatoms. The maximum Gasteiger partial charge on any atom is 0.351 e. The van der Waals surface area contributed by atoms with Gasteiger partial charge in [-0.05, 0) is 30.5 Å². The van der Waals surface area contributed by atoms with Gasteiger partial charge in [-0.15, -0.1) is 0 Å². The molecule has 4 aromatic rings. The molecule has 0 N–H and O–H groups in total. The summed E-state index contributed by atoms with van der Waals surface area (Å²) in [5.74, 6) is 0.574. The molecular formula is C20H12O4. The van der Waals surface area contributed by atoms with Crippen LogP contribution in [0.3, 0.4) is 0 Å². The van der Waals surface area contributed by atoms with E-state index in [2.05, 4.69) is 0 Å². The Morgan fingerprint density at radius 2 is 1.62 bits per heavy atom. The summed E-state index contributed by atoms with van der Waals surface area (Å²) in [5.41, 5.74) is 2.45. The lowest BCUT2D eigenvalue weighted by atomic mass is 9.89. The summed E-state index contributed by atoms with van der Waals surface area (Å²) in [5, 5.41) is 0.641. The molecule has 0 saturated carbocycles. The predicted octanol–water partition coefficient (Wildman–Crippen LogP) is 3.67. The van der Waals surface area contributed by atoms with Gasteiger partial charge in [0.25, 0.3) is 0 Å². The third-order valence-electron chi connectivity index (χ3n) is 4.65. The van der Waals surface area contributed by atoms with Gasteiger partial charge in [0.05, 0.1) is 5.39 Å². The molecular weight excluding hydrogens is 304 g/mol. The molecule has 0 aliphatic heterocycles. The summed E-state index contributed by atoms with van der Waals surface area (Å²) in [7, 11) is 0. The van der Waals surface area contributed by atoms with Crippen LogP contribution in [-0.2, 0) is 12.8 Å². The Morgan fingerprint density at radius 1 is 0.833 bits per heavy atom. The Hall–Kier alpha value is -3.14. The largest absolute Gasteiger partial charge is 0.454 e. The van der Waals surface area contributed by atoms with Crippen molar-refractivity contribution in [2.75, 3.05) is 0 Å². The molecule has 0 saturated heterocycles. The maximum absolute atomic E-state index is 12.9. The molecule has 0 amide bonds. The Labute approximate surface area is 136 Å². The SMILES string of the molecule is O=c1oc2ccccc2c2oc3c(c(=O)c12)CCc1ccccc1-3. The van der Waals surface area contributed by atoms with E-state index in [0.717, 1.165) is 17.5 Å². The molecule has 0 fully saturated rings. The molecule has 0 unspecified atom stereocenters. The highest BCUT2D eigenvalue weighted by atomic mass is 16.4. The van der Waals surface area contributed by atoms with Crippen LogP contribution in [0, 0.1) is 0 Å². The number of para-hydroxylation sites is 1. The number of benzene rings is 2. The van der Waals surface area contributed by atoms with Gasteiger partial charge in [0.2, 0.25) is 5.43 Å². The smallest absolute Gasteiger partial charge is 0.351 e. The van der Waals surface area contributed by atoms with Crippen molar-refractivity contribution < 1.29 is 8.83 Å². The Kier molecular flexibility index (Phi) is 2.59. The molecule has 2 aromatic heterocycles. The molecule has 2 aromatic carbocycles. The maximum atomic E-state index is 12.9. The van der Waals surface area contributed by atoms with Gasteiger partial charge in [0.1, 0.15) is 11.3 Å². The minimum atomic E-state index is -0.640. The first-order chi connectivity index (χ1) is 11.7. The summed E-state index contributed by atoms with van der Waals surface area (Å²) < 4.78 is 11.4. The zero-order valence-electron chi connectivity index (χ0n) is 12.7. The number of aryl methyl sites for hydroxylation is 1. The number of hydrogen-bond acceptors (Lipinski definition) is 4. The fourth-order valence-corrected chi connectivity index (χ4v) is 3.51. The molecule has 1 aliphatic carbocycles. The fourth-order valence-electron chi connectivity index (χ4n) is 3.51. The average molecular weight is 316 g/mol. The minimum Gasteiger partial charge on any atom is -0.454 e. The normalized spacial score (nSPS) is 13.0.